The predicted octanol–water partition coefficient (Wildman–Crippen LogP) is 4.54. The summed E-state index contributed by atoms with van der Waals surface area (Å²) in [5, 5.41) is 7.51. The van der Waals surface area contributed by atoms with E-state index in [0.717, 1.165) is 16.8 Å². The third kappa shape index (κ3) is 5.89. The number of anilines is 1. The number of hydrazone groups is 1. The summed E-state index contributed by atoms with van der Waals surface area (Å²) in [4.78, 5) is 12.3. The van der Waals surface area contributed by atoms with Gasteiger partial charge >= 0.3 is 5.97 Å². The third-order valence-electron chi connectivity index (χ3n) is 4.09. The van der Waals surface area contributed by atoms with E-state index < -0.39 is 5.97 Å². The molecule has 3 rings (SSSR count). The van der Waals surface area contributed by atoms with Crippen molar-refractivity contribution in [2.75, 3.05) is 12.4 Å². The molecule has 3 aromatic rings. The average Bonchev–Trinajstić information content (AvgIpc) is 2.75. The minimum Gasteiger partial charge on any atom is -0.493 e. The first-order valence-electron chi connectivity index (χ1n) is 9.17. The van der Waals surface area contributed by atoms with E-state index in [4.69, 9.17) is 21.7 Å². The lowest BCUT2D eigenvalue weighted by Crippen LogP contribution is -2.23. The van der Waals surface area contributed by atoms with Crippen LogP contribution >= 0.6 is 12.2 Å². The van der Waals surface area contributed by atoms with E-state index in [0.29, 0.717) is 22.2 Å². The molecule has 0 aliphatic carbocycles. The van der Waals surface area contributed by atoms with Crippen molar-refractivity contribution in [2.24, 2.45) is 5.10 Å². The van der Waals surface area contributed by atoms with Gasteiger partial charge in [-0.2, -0.15) is 5.10 Å². The van der Waals surface area contributed by atoms with Crippen LogP contribution in [0.2, 0.25) is 0 Å². The largest absolute Gasteiger partial charge is 0.493 e. The van der Waals surface area contributed by atoms with Crippen LogP contribution in [0.5, 0.6) is 11.5 Å². The lowest BCUT2D eigenvalue weighted by atomic mass is 10.1. The van der Waals surface area contributed by atoms with Crippen molar-refractivity contribution in [3.05, 3.63) is 89.5 Å². The summed E-state index contributed by atoms with van der Waals surface area (Å²) in [6.07, 6.45) is 1.59. The normalized spacial score (nSPS) is 10.5. The standard InChI is InChI=1S/C23H21N3O3S/c1-16-8-11-18(12-9-16)22(27)29-20-13-10-17(14-21(20)28-2)15-24-26-23(30)25-19-6-4-3-5-7-19/h3-15H,1-2H3,(H2,25,26,30)/b24-15-. The molecule has 3 aromatic carbocycles. The molecule has 0 aliphatic heterocycles. The molecule has 0 radical (unpaired) electrons. The maximum absolute atomic E-state index is 12.3. The number of hydrogen-bond acceptors (Lipinski definition) is 5. The van der Waals surface area contributed by atoms with E-state index in [1.54, 1.807) is 36.5 Å². The fraction of sp³-hybridized carbons (Fsp3) is 0.0870. The van der Waals surface area contributed by atoms with Gasteiger partial charge in [0.2, 0.25) is 0 Å². The van der Waals surface area contributed by atoms with Crippen LogP contribution in [0.15, 0.2) is 77.9 Å². The average molecular weight is 420 g/mol. The second kappa shape index (κ2) is 10.2. The number of rotatable bonds is 6. The molecule has 0 amide bonds. The zero-order valence-corrected chi connectivity index (χ0v) is 17.4. The molecule has 0 heterocycles. The van der Waals surface area contributed by atoms with Crippen molar-refractivity contribution in [2.45, 2.75) is 6.92 Å². The molecule has 0 saturated heterocycles. The first-order valence-corrected chi connectivity index (χ1v) is 9.58. The highest BCUT2D eigenvalue weighted by molar-refractivity contribution is 7.80. The van der Waals surface area contributed by atoms with Crippen LogP contribution < -0.4 is 20.2 Å². The number of esters is 1. The van der Waals surface area contributed by atoms with Gasteiger partial charge in [0.1, 0.15) is 0 Å². The Balaban J connectivity index is 1.62. The van der Waals surface area contributed by atoms with Crippen molar-refractivity contribution in [3.63, 3.8) is 0 Å². The van der Waals surface area contributed by atoms with Crippen molar-refractivity contribution in [1.82, 2.24) is 5.43 Å². The van der Waals surface area contributed by atoms with Crippen LogP contribution in [0, 0.1) is 6.92 Å². The first kappa shape index (κ1) is 21.0. The van der Waals surface area contributed by atoms with Crippen LogP contribution in [-0.2, 0) is 0 Å². The molecule has 0 bridgehead atoms. The number of thiocarbonyl (C=S) groups is 1. The number of para-hydroxylation sites is 1. The topological polar surface area (TPSA) is 71.9 Å². The Morgan fingerprint density at radius 1 is 1.00 bits per heavy atom. The van der Waals surface area contributed by atoms with Crippen LogP contribution in [-0.4, -0.2) is 24.4 Å². The van der Waals surface area contributed by atoms with Crippen molar-refractivity contribution < 1.29 is 14.3 Å². The van der Waals surface area contributed by atoms with E-state index in [2.05, 4.69) is 15.8 Å². The zero-order chi connectivity index (χ0) is 21.3. The molecule has 0 fully saturated rings. The van der Waals surface area contributed by atoms with Crippen LogP contribution in [0.4, 0.5) is 5.69 Å². The summed E-state index contributed by atoms with van der Waals surface area (Å²) in [6, 6.07) is 21.9. The predicted molar refractivity (Wildman–Crippen MR) is 123 cm³/mol. The van der Waals surface area contributed by atoms with Gasteiger partial charge in [-0.1, -0.05) is 35.9 Å². The highest BCUT2D eigenvalue weighted by Crippen LogP contribution is 2.28. The van der Waals surface area contributed by atoms with E-state index in [9.17, 15) is 4.79 Å². The highest BCUT2D eigenvalue weighted by Gasteiger charge is 2.12. The molecule has 0 saturated carbocycles. The third-order valence-corrected chi connectivity index (χ3v) is 4.28. The van der Waals surface area contributed by atoms with Gasteiger partial charge in [-0.3, -0.25) is 5.43 Å². The van der Waals surface area contributed by atoms with Gasteiger partial charge in [-0.15, -0.1) is 0 Å². The molecular weight excluding hydrogens is 398 g/mol. The first-order chi connectivity index (χ1) is 14.5. The Morgan fingerprint density at radius 2 is 1.73 bits per heavy atom. The lowest BCUT2D eigenvalue weighted by molar-refractivity contribution is 0.0729. The number of carbonyl (C=O) groups is 1. The number of aryl methyl sites for hydroxylation is 1. The Morgan fingerprint density at radius 3 is 2.43 bits per heavy atom. The van der Waals surface area contributed by atoms with E-state index in [1.807, 2.05) is 49.4 Å². The number of ether oxygens (including phenoxy) is 2. The quantitative estimate of drug-likeness (QED) is 0.201. The van der Waals surface area contributed by atoms with Gasteiger partial charge in [0, 0.05) is 5.69 Å². The highest BCUT2D eigenvalue weighted by atomic mass is 32.1. The van der Waals surface area contributed by atoms with Gasteiger partial charge < -0.3 is 14.8 Å². The zero-order valence-electron chi connectivity index (χ0n) is 16.6. The summed E-state index contributed by atoms with van der Waals surface area (Å²) >= 11 is 5.20. The molecular formula is C23H21N3O3S. The number of carbonyl (C=O) groups excluding carboxylic acids is 1. The maximum atomic E-state index is 12.3. The van der Waals surface area contributed by atoms with Crippen LogP contribution in [0.1, 0.15) is 21.5 Å². The van der Waals surface area contributed by atoms with E-state index in [-0.39, 0.29) is 0 Å². The number of benzene rings is 3. The van der Waals surface area contributed by atoms with Gasteiger partial charge in [0.15, 0.2) is 16.6 Å². The van der Waals surface area contributed by atoms with E-state index >= 15 is 0 Å². The van der Waals surface area contributed by atoms with Crippen LogP contribution in [0.3, 0.4) is 0 Å². The molecule has 0 aromatic heterocycles. The Bertz CT molecular complexity index is 1050. The molecule has 2 N–H and O–H groups in total. The van der Waals surface area contributed by atoms with Gasteiger partial charge in [-0.05, 0) is 67.2 Å². The Hall–Kier alpha value is -3.71. The number of nitrogens with one attached hydrogen (secondary N) is 2. The fourth-order valence-corrected chi connectivity index (χ4v) is 2.71. The number of nitrogens with zero attached hydrogens (tertiary/aromatic N) is 1. The molecule has 0 atom stereocenters. The summed E-state index contributed by atoms with van der Waals surface area (Å²) in [5.41, 5.74) is 5.91. The summed E-state index contributed by atoms with van der Waals surface area (Å²) in [5.74, 6) is 0.299. The molecule has 30 heavy (non-hydrogen) atoms. The second-order valence-corrected chi connectivity index (χ2v) is 6.76. The van der Waals surface area contributed by atoms with Gasteiger partial charge in [-0.25, -0.2) is 4.79 Å². The molecule has 6 nitrogen and oxygen atoms in total. The number of methoxy groups -OCH3 is 1. The fourth-order valence-electron chi connectivity index (χ4n) is 2.54. The Labute approximate surface area is 180 Å². The number of hydrogen-bond donors (Lipinski definition) is 2. The van der Waals surface area contributed by atoms with Gasteiger partial charge in [0.25, 0.3) is 0 Å². The molecule has 7 heteroatoms. The summed E-state index contributed by atoms with van der Waals surface area (Å²) in [7, 11) is 1.51. The van der Waals surface area contributed by atoms with Crippen molar-refractivity contribution in [1.29, 1.82) is 0 Å². The monoisotopic (exact) mass is 419 g/mol. The second-order valence-electron chi connectivity index (χ2n) is 6.36. The van der Waals surface area contributed by atoms with Gasteiger partial charge in [0.05, 0.1) is 18.9 Å². The van der Waals surface area contributed by atoms with Crippen molar-refractivity contribution >= 4 is 35.2 Å². The summed E-state index contributed by atoms with van der Waals surface area (Å²) < 4.78 is 10.8. The smallest absolute Gasteiger partial charge is 0.343 e. The molecule has 0 aliphatic rings. The minimum atomic E-state index is -0.450. The molecule has 0 unspecified atom stereocenters. The van der Waals surface area contributed by atoms with Crippen LogP contribution in [0.25, 0.3) is 0 Å². The Kier molecular flexibility index (Phi) is 7.13. The minimum absolute atomic E-state index is 0.328. The SMILES string of the molecule is COc1cc(/C=N\NC(=S)Nc2ccccc2)ccc1OC(=O)c1ccc(C)cc1. The van der Waals surface area contributed by atoms with E-state index in [1.165, 1.54) is 7.11 Å². The maximum Gasteiger partial charge on any atom is 0.343 e. The molecule has 0 spiro atoms. The van der Waals surface area contributed by atoms with Crippen molar-refractivity contribution in [3.8, 4) is 11.5 Å². The molecule has 152 valence electrons. The summed E-state index contributed by atoms with van der Waals surface area (Å²) in [6.45, 7) is 1.96. The lowest BCUT2D eigenvalue weighted by Gasteiger charge is -2.10.